The first-order valence-corrected chi connectivity index (χ1v) is 7.91. The molecular weight excluding hydrogens is 294 g/mol. The molecule has 1 heterocycles. The van der Waals surface area contributed by atoms with Crippen LogP contribution in [0.1, 0.15) is 13.8 Å². The number of benzene rings is 1. The van der Waals surface area contributed by atoms with Gasteiger partial charge in [0.2, 0.25) is 5.13 Å². The van der Waals surface area contributed by atoms with Crippen molar-refractivity contribution in [2.45, 2.75) is 24.3 Å². The molecule has 2 aromatic rings. The SMILES string of the molecule is CC(C)OC(=O)CSc1nnc(Nc2ccccc2)s1. The quantitative estimate of drug-likeness (QED) is 0.652. The molecule has 0 unspecified atom stereocenters. The van der Waals surface area contributed by atoms with E-state index in [2.05, 4.69) is 15.5 Å². The van der Waals surface area contributed by atoms with E-state index >= 15 is 0 Å². The van der Waals surface area contributed by atoms with Gasteiger partial charge in [-0.05, 0) is 26.0 Å². The minimum atomic E-state index is -0.238. The number of carbonyl (C=O) groups is 1. The van der Waals surface area contributed by atoms with Gasteiger partial charge in [0.15, 0.2) is 4.34 Å². The predicted molar refractivity (Wildman–Crippen MR) is 81.6 cm³/mol. The van der Waals surface area contributed by atoms with E-state index in [0.717, 1.165) is 10.0 Å². The van der Waals surface area contributed by atoms with Gasteiger partial charge >= 0.3 is 5.97 Å². The first-order valence-electron chi connectivity index (χ1n) is 6.11. The summed E-state index contributed by atoms with van der Waals surface area (Å²) in [4.78, 5) is 11.4. The summed E-state index contributed by atoms with van der Waals surface area (Å²) in [5, 5.41) is 11.9. The lowest BCUT2D eigenvalue weighted by Crippen LogP contribution is -2.13. The van der Waals surface area contributed by atoms with E-state index in [9.17, 15) is 4.79 Å². The van der Waals surface area contributed by atoms with Crippen LogP contribution in [-0.2, 0) is 9.53 Å². The van der Waals surface area contributed by atoms with Crippen molar-refractivity contribution >= 4 is 39.9 Å². The van der Waals surface area contributed by atoms with E-state index in [1.54, 1.807) is 0 Å². The maximum absolute atomic E-state index is 11.4. The van der Waals surface area contributed by atoms with E-state index < -0.39 is 0 Å². The van der Waals surface area contributed by atoms with Crippen LogP contribution in [0.3, 0.4) is 0 Å². The van der Waals surface area contributed by atoms with Gasteiger partial charge in [0.1, 0.15) is 0 Å². The van der Waals surface area contributed by atoms with Crippen molar-refractivity contribution in [3.8, 4) is 0 Å². The van der Waals surface area contributed by atoms with Crippen molar-refractivity contribution in [1.29, 1.82) is 0 Å². The van der Waals surface area contributed by atoms with Crippen LogP contribution in [0.15, 0.2) is 34.7 Å². The Morgan fingerprint density at radius 1 is 1.35 bits per heavy atom. The van der Waals surface area contributed by atoms with Gasteiger partial charge in [0, 0.05) is 5.69 Å². The Morgan fingerprint density at radius 3 is 2.80 bits per heavy atom. The summed E-state index contributed by atoms with van der Waals surface area (Å²) < 4.78 is 5.80. The first kappa shape index (κ1) is 14.8. The lowest BCUT2D eigenvalue weighted by Gasteiger charge is -2.05. The lowest BCUT2D eigenvalue weighted by molar-refractivity contribution is -0.144. The Kier molecular flexibility index (Phi) is 5.37. The van der Waals surface area contributed by atoms with Crippen molar-refractivity contribution in [3.05, 3.63) is 30.3 Å². The number of carbonyl (C=O) groups excluding carboxylic acids is 1. The summed E-state index contributed by atoms with van der Waals surface area (Å²) in [5.74, 6) is 0.00999. The summed E-state index contributed by atoms with van der Waals surface area (Å²) in [6, 6.07) is 9.75. The second-order valence-electron chi connectivity index (χ2n) is 4.19. The van der Waals surface area contributed by atoms with Crippen LogP contribution < -0.4 is 5.32 Å². The molecule has 0 radical (unpaired) electrons. The number of nitrogens with zero attached hydrogens (tertiary/aromatic N) is 2. The monoisotopic (exact) mass is 309 g/mol. The Balaban J connectivity index is 1.85. The van der Waals surface area contributed by atoms with Crippen LogP contribution in [0.4, 0.5) is 10.8 Å². The van der Waals surface area contributed by atoms with Gasteiger partial charge in [-0.2, -0.15) is 0 Å². The molecule has 5 nitrogen and oxygen atoms in total. The highest BCUT2D eigenvalue weighted by Crippen LogP contribution is 2.27. The molecule has 0 spiro atoms. The summed E-state index contributed by atoms with van der Waals surface area (Å²) in [7, 11) is 0. The fourth-order valence-corrected chi connectivity index (χ4v) is 2.94. The van der Waals surface area contributed by atoms with Gasteiger partial charge in [0.05, 0.1) is 11.9 Å². The van der Waals surface area contributed by atoms with E-state index in [1.165, 1.54) is 23.1 Å². The topological polar surface area (TPSA) is 64.1 Å². The molecule has 0 fully saturated rings. The average Bonchev–Trinajstić information content (AvgIpc) is 2.84. The standard InChI is InChI=1S/C13H15N3O2S2/c1-9(2)18-11(17)8-19-13-16-15-12(20-13)14-10-6-4-3-5-7-10/h3-7,9H,8H2,1-2H3,(H,14,15). The molecule has 0 aliphatic carbocycles. The van der Waals surface area contributed by atoms with E-state index in [-0.39, 0.29) is 17.8 Å². The highest BCUT2D eigenvalue weighted by Gasteiger charge is 2.10. The lowest BCUT2D eigenvalue weighted by atomic mass is 10.3. The molecule has 0 amide bonds. The van der Waals surface area contributed by atoms with Crippen molar-refractivity contribution in [2.75, 3.05) is 11.1 Å². The average molecular weight is 309 g/mol. The number of nitrogens with one attached hydrogen (secondary N) is 1. The summed E-state index contributed by atoms with van der Waals surface area (Å²) in [5.41, 5.74) is 0.958. The second kappa shape index (κ2) is 7.25. The van der Waals surface area contributed by atoms with Gasteiger partial charge in [-0.15, -0.1) is 10.2 Å². The molecule has 0 bridgehead atoms. The fraction of sp³-hybridized carbons (Fsp3) is 0.308. The zero-order chi connectivity index (χ0) is 14.4. The maximum atomic E-state index is 11.4. The number of aromatic nitrogens is 2. The number of rotatable bonds is 6. The normalized spacial score (nSPS) is 10.6. The van der Waals surface area contributed by atoms with Gasteiger partial charge in [-0.25, -0.2) is 0 Å². The molecule has 0 saturated carbocycles. The number of hydrogen-bond donors (Lipinski definition) is 1. The minimum Gasteiger partial charge on any atom is -0.462 e. The van der Waals surface area contributed by atoms with Crippen molar-refractivity contribution in [2.24, 2.45) is 0 Å². The van der Waals surface area contributed by atoms with E-state index in [4.69, 9.17) is 4.74 Å². The highest BCUT2D eigenvalue weighted by atomic mass is 32.2. The Morgan fingerprint density at radius 2 is 2.10 bits per heavy atom. The van der Waals surface area contributed by atoms with Gasteiger partial charge in [-0.3, -0.25) is 4.79 Å². The molecule has 7 heteroatoms. The van der Waals surface area contributed by atoms with Crippen LogP contribution >= 0.6 is 23.1 Å². The molecule has 106 valence electrons. The molecular formula is C13H15N3O2S2. The van der Waals surface area contributed by atoms with Crippen LogP contribution in [0, 0.1) is 0 Å². The fourth-order valence-electron chi connectivity index (χ4n) is 1.38. The highest BCUT2D eigenvalue weighted by molar-refractivity contribution is 8.01. The van der Waals surface area contributed by atoms with Crippen molar-refractivity contribution in [1.82, 2.24) is 10.2 Å². The number of ether oxygens (including phenoxy) is 1. The molecule has 0 saturated heterocycles. The molecule has 0 aliphatic heterocycles. The predicted octanol–water partition coefficient (Wildman–Crippen LogP) is 3.33. The Bertz CT molecular complexity index is 558. The van der Waals surface area contributed by atoms with Crippen LogP contribution in [0.25, 0.3) is 0 Å². The van der Waals surface area contributed by atoms with Gasteiger partial charge in [0.25, 0.3) is 0 Å². The van der Waals surface area contributed by atoms with Crippen molar-refractivity contribution in [3.63, 3.8) is 0 Å². The summed E-state index contributed by atoms with van der Waals surface area (Å²) >= 11 is 2.74. The minimum absolute atomic E-state index is 0.0900. The third kappa shape index (κ3) is 4.82. The zero-order valence-electron chi connectivity index (χ0n) is 11.2. The molecule has 20 heavy (non-hydrogen) atoms. The third-order valence-corrected chi connectivity index (χ3v) is 4.06. The van der Waals surface area contributed by atoms with E-state index in [0.29, 0.717) is 5.13 Å². The molecule has 2 rings (SSSR count). The van der Waals surface area contributed by atoms with Gasteiger partial charge < -0.3 is 10.1 Å². The number of para-hydroxylation sites is 1. The number of anilines is 2. The number of esters is 1. The zero-order valence-corrected chi connectivity index (χ0v) is 12.8. The molecule has 0 aliphatic rings. The Hall–Kier alpha value is -1.60. The smallest absolute Gasteiger partial charge is 0.316 e. The summed E-state index contributed by atoms with van der Waals surface area (Å²) in [6.07, 6.45) is -0.0900. The molecule has 0 atom stereocenters. The van der Waals surface area contributed by atoms with Crippen LogP contribution in [0.2, 0.25) is 0 Å². The van der Waals surface area contributed by atoms with Crippen LogP contribution in [0.5, 0.6) is 0 Å². The number of thioether (sulfide) groups is 1. The first-order chi connectivity index (χ1) is 9.63. The second-order valence-corrected chi connectivity index (χ2v) is 6.39. The molecule has 1 aromatic heterocycles. The number of hydrogen-bond acceptors (Lipinski definition) is 7. The molecule has 1 aromatic carbocycles. The third-order valence-electron chi connectivity index (χ3n) is 2.11. The van der Waals surface area contributed by atoms with Gasteiger partial charge in [-0.1, -0.05) is 41.3 Å². The largest absolute Gasteiger partial charge is 0.462 e. The van der Waals surface area contributed by atoms with E-state index in [1.807, 2.05) is 44.2 Å². The van der Waals surface area contributed by atoms with Crippen molar-refractivity contribution < 1.29 is 9.53 Å². The van der Waals surface area contributed by atoms with Crippen LogP contribution in [-0.4, -0.2) is 28.0 Å². The summed E-state index contributed by atoms with van der Waals surface area (Å²) in [6.45, 7) is 3.66. The Labute approximate surface area is 125 Å². The molecule has 1 N–H and O–H groups in total. The maximum Gasteiger partial charge on any atom is 0.316 e.